The van der Waals surface area contributed by atoms with Gasteiger partial charge in [0.25, 0.3) is 17.7 Å². The number of carbonyl (C=O) groups excluding carboxylic acids is 3. The van der Waals surface area contributed by atoms with Crippen LogP contribution in [0.2, 0.25) is 0 Å². The lowest BCUT2D eigenvalue weighted by atomic mass is 9.89. The molecule has 3 amide bonds. The molecule has 0 N–H and O–H groups in total. The summed E-state index contributed by atoms with van der Waals surface area (Å²) in [5, 5.41) is 0. The highest BCUT2D eigenvalue weighted by molar-refractivity contribution is 6.21. The van der Waals surface area contributed by atoms with E-state index in [0.717, 1.165) is 12.8 Å². The van der Waals surface area contributed by atoms with E-state index in [2.05, 4.69) is 21.9 Å². The molecule has 172 valence electrons. The van der Waals surface area contributed by atoms with Gasteiger partial charge in [0.1, 0.15) is 5.69 Å². The number of imide groups is 1. The van der Waals surface area contributed by atoms with Gasteiger partial charge in [-0.05, 0) is 56.0 Å². The molecule has 1 aromatic carbocycles. The van der Waals surface area contributed by atoms with Gasteiger partial charge in [0.15, 0.2) is 5.82 Å². The van der Waals surface area contributed by atoms with Crippen molar-refractivity contribution in [2.75, 3.05) is 13.1 Å². The summed E-state index contributed by atoms with van der Waals surface area (Å²) in [6.07, 6.45) is 5.01. The Labute approximate surface area is 197 Å². The van der Waals surface area contributed by atoms with Gasteiger partial charge in [-0.1, -0.05) is 19.1 Å². The molecule has 0 bridgehead atoms. The standard InChI is InChI=1S/C26H25N5O3/c1-16-7-5-14-30(21(16)15-31-24(32)18-8-3-4-9-19(18)25(31)33)26(34)22-20(11-10-17(2)29-22)23-27-12-6-13-28-23/h3-4,6,8-13,16,21H,5,7,14-15H2,1-2H3/t16-,21-/m1/s1. The highest BCUT2D eigenvalue weighted by atomic mass is 16.2. The van der Waals surface area contributed by atoms with Crippen LogP contribution in [0.15, 0.2) is 54.9 Å². The van der Waals surface area contributed by atoms with Crippen LogP contribution in [-0.4, -0.2) is 61.6 Å². The first-order valence-electron chi connectivity index (χ1n) is 11.5. The summed E-state index contributed by atoms with van der Waals surface area (Å²) in [6, 6.07) is 11.9. The van der Waals surface area contributed by atoms with Gasteiger partial charge in [-0.3, -0.25) is 19.3 Å². The molecular formula is C26H25N5O3. The summed E-state index contributed by atoms with van der Waals surface area (Å²) in [5.74, 6) is -0.307. The molecule has 5 rings (SSSR count). The van der Waals surface area contributed by atoms with Crippen molar-refractivity contribution in [3.8, 4) is 11.4 Å². The topological polar surface area (TPSA) is 96.4 Å². The fraction of sp³-hybridized carbons (Fsp3) is 0.308. The zero-order valence-electron chi connectivity index (χ0n) is 19.1. The predicted molar refractivity (Wildman–Crippen MR) is 125 cm³/mol. The van der Waals surface area contributed by atoms with Crippen molar-refractivity contribution >= 4 is 17.7 Å². The number of aromatic nitrogens is 3. The summed E-state index contributed by atoms with van der Waals surface area (Å²) in [4.78, 5) is 56.1. The fourth-order valence-electron chi connectivity index (χ4n) is 4.85. The highest BCUT2D eigenvalue weighted by Crippen LogP contribution is 2.30. The van der Waals surface area contributed by atoms with E-state index in [4.69, 9.17) is 0 Å². The second-order valence-electron chi connectivity index (χ2n) is 8.87. The average Bonchev–Trinajstić information content (AvgIpc) is 3.10. The Morgan fingerprint density at radius 3 is 2.32 bits per heavy atom. The van der Waals surface area contributed by atoms with Crippen molar-refractivity contribution in [1.29, 1.82) is 0 Å². The van der Waals surface area contributed by atoms with Gasteiger partial charge in [0, 0.05) is 24.6 Å². The largest absolute Gasteiger partial charge is 0.332 e. The van der Waals surface area contributed by atoms with Gasteiger partial charge in [-0.2, -0.15) is 0 Å². The first-order chi connectivity index (χ1) is 16.5. The van der Waals surface area contributed by atoms with Gasteiger partial charge in [-0.15, -0.1) is 0 Å². The number of aryl methyl sites for hydroxylation is 1. The van der Waals surface area contributed by atoms with Crippen LogP contribution in [0.4, 0.5) is 0 Å². The molecule has 0 radical (unpaired) electrons. The Hall–Kier alpha value is -3.94. The summed E-state index contributed by atoms with van der Waals surface area (Å²) in [5.41, 5.74) is 2.39. The van der Waals surface area contributed by atoms with E-state index in [1.165, 1.54) is 4.90 Å². The number of amides is 3. The molecule has 4 heterocycles. The van der Waals surface area contributed by atoms with E-state index < -0.39 is 0 Å². The predicted octanol–water partition coefficient (Wildman–Crippen LogP) is 3.38. The van der Waals surface area contributed by atoms with Gasteiger partial charge in [0.2, 0.25) is 0 Å². The Balaban J connectivity index is 1.48. The second kappa shape index (κ2) is 8.78. The zero-order valence-corrected chi connectivity index (χ0v) is 19.1. The lowest BCUT2D eigenvalue weighted by molar-refractivity contribution is 0.0366. The lowest BCUT2D eigenvalue weighted by Gasteiger charge is -2.41. The summed E-state index contributed by atoms with van der Waals surface area (Å²) < 4.78 is 0. The molecule has 0 saturated carbocycles. The summed E-state index contributed by atoms with van der Waals surface area (Å²) in [6.45, 7) is 4.58. The molecule has 3 aromatic rings. The quantitative estimate of drug-likeness (QED) is 0.560. The van der Waals surface area contributed by atoms with Gasteiger partial charge < -0.3 is 4.90 Å². The maximum absolute atomic E-state index is 13.9. The molecule has 0 spiro atoms. The van der Waals surface area contributed by atoms with Crippen LogP contribution in [0.3, 0.4) is 0 Å². The van der Waals surface area contributed by atoms with Gasteiger partial charge >= 0.3 is 0 Å². The minimum Gasteiger partial charge on any atom is -0.332 e. The van der Waals surface area contributed by atoms with Crippen molar-refractivity contribution in [2.24, 2.45) is 5.92 Å². The number of pyridine rings is 1. The first kappa shape index (κ1) is 21.9. The van der Waals surface area contributed by atoms with Crippen molar-refractivity contribution in [3.63, 3.8) is 0 Å². The van der Waals surface area contributed by atoms with Gasteiger partial charge in [0.05, 0.1) is 29.3 Å². The van der Waals surface area contributed by atoms with Crippen LogP contribution in [0, 0.1) is 12.8 Å². The molecular weight excluding hydrogens is 430 g/mol. The number of piperidine rings is 1. The second-order valence-corrected chi connectivity index (χ2v) is 8.87. The van der Waals surface area contributed by atoms with E-state index in [1.807, 2.05) is 19.1 Å². The van der Waals surface area contributed by atoms with E-state index in [-0.39, 0.29) is 41.9 Å². The normalized spacial score (nSPS) is 19.9. The van der Waals surface area contributed by atoms with E-state index >= 15 is 0 Å². The van der Waals surface area contributed by atoms with Crippen molar-refractivity contribution in [2.45, 2.75) is 32.7 Å². The van der Waals surface area contributed by atoms with E-state index in [9.17, 15) is 14.4 Å². The number of carbonyl (C=O) groups is 3. The smallest absolute Gasteiger partial charge is 0.273 e. The SMILES string of the molecule is Cc1ccc(-c2ncccn2)c(C(=O)N2CCC[C@@H](C)[C@H]2CN2C(=O)c3ccccc3C2=O)n1. The summed E-state index contributed by atoms with van der Waals surface area (Å²) >= 11 is 0. The van der Waals surface area contributed by atoms with Crippen LogP contribution in [0.5, 0.6) is 0 Å². The molecule has 1 saturated heterocycles. The number of hydrogen-bond acceptors (Lipinski definition) is 6. The molecule has 0 aliphatic carbocycles. The van der Waals surface area contributed by atoms with E-state index in [0.29, 0.717) is 34.8 Å². The highest BCUT2D eigenvalue weighted by Gasteiger charge is 2.41. The number of rotatable bonds is 4. The number of likely N-dealkylation sites (tertiary alicyclic amines) is 1. The van der Waals surface area contributed by atoms with Gasteiger partial charge in [-0.25, -0.2) is 15.0 Å². The van der Waals surface area contributed by atoms with Crippen LogP contribution in [-0.2, 0) is 0 Å². The fourth-order valence-corrected chi connectivity index (χ4v) is 4.85. The Kier molecular flexibility index (Phi) is 5.65. The third-order valence-electron chi connectivity index (χ3n) is 6.67. The van der Waals surface area contributed by atoms with Crippen LogP contribution in [0.1, 0.15) is 56.7 Å². The molecule has 1 fully saturated rings. The number of hydrogen-bond donors (Lipinski definition) is 0. The Bertz CT molecular complexity index is 1240. The lowest BCUT2D eigenvalue weighted by Crippen LogP contribution is -2.54. The number of fused-ring (bicyclic) bond motifs is 1. The molecule has 34 heavy (non-hydrogen) atoms. The van der Waals surface area contributed by atoms with Crippen LogP contribution < -0.4 is 0 Å². The average molecular weight is 456 g/mol. The molecule has 0 unspecified atom stereocenters. The van der Waals surface area contributed by atoms with Crippen LogP contribution in [0.25, 0.3) is 11.4 Å². The van der Waals surface area contributed by atoms with Crippen LogP contribution >= 0.6 is 0 Å². The third-order valence-corrected chi connectivity index (χ3v) is 6.67. The zero-order chi connectivity index (χ0) is 23.8. The minimum atomic E-state index is -0.310. The Morgan fingerprint density at radius 1 is 0.971 bits per heavy atom. The monoisotopic (exact) mass is 455 g/mol. The number of benzene rings is 1. The Morgan fingerprint density at radius 2 is 1.65 bits per heavy atom. The van der Waals surface area contributed by atoms with E-state index in [1.54, 1.807) is 47.6 Å². The minimum absolute atomic E-state index is 0.114. The molecule has 2 aromatic heterocycles. The third kappa shape index (κ3) is 3.75. The maximum atomic E-state index is 13.9. The maximum Gasteiger partial charge on any atom is 0.273 e. The first-order valence-corrected chi connectivity index (χ1v) is 11.5. The van der Waals surface area contributed by atoms with Crippen molar-refractivity contribution in [3.05, 3.63) is 77.4 Å². The van der Waals surface area contributed by atoms with Crippen molar-refractivity contribution in [1.82, 2.24) is 24.8 Å². The summed E-state index contributed by atoms with van der Waals surface area (Å²) in [7, 11) is 0. The molecule has 2 aliphatic rings. The van der Waals surface area contributed by atoms with Crippen molar-refractivity contribution < 1.29 is 14.4 Å². The molecule has 2 atom stereocenters. The molecule has 8 heteroatoms. The molecule has 2 aliphatic heterocycles. The number of nitrogens with zero attached hydrogens (tertiary/aromatic N) is 5. The molecule has 8 nitrogen and oxygen atoms in total.